The summed E-state index contributed by atoms with van der Waals surface area (Å²) in [4.78, 5) is 66.9. The van der Waals surface area contributed by atoms with Crippen LogP contribution in [0.15, 0.2) is 0 Å². The van der Waals surface area contributed by atoms with Crippen molar-refractivity contribution in [3.05, 3.63) is 0 Å². The number of ether oxygens (including phenoxy) is 5. The molecule has 1 fully saturated rings. The third-order valence-electron chi connectivity index (χ3n) is 3.79. The molecule has 0 aromatic carbocycles. The van der Waals surface area contributed by atoms with Gasteiger partial charge in [-0.05, 0) is 6.92 Å². The van der Waals surface area contributed by atoms with Gasteiger partial charge in [0, 0.05) is 40.5 Å². The Balaban J connectivity index is 0.00000235. The van der Waals surface area contributed by atoms with Crippen molar-refractivity contribution >= 4 is 35.8 Å². The molecule has 4 atom stereocenters. The molecule has 1 saturated heterocycles. The van der Waals surface area contributed by atoms with Gasteiger partial charge in [-0.3, -0.25) is 28.8 Å². The van der Waals surface area contributed by atoms with Crippen molar-refractivity contribution in [1.82, 2.24) is 5.32 Å². The Hall–Kier alpha value is -3.22. The van der Waals surface area contributed by atoms with Crippen LogP contribution in [0.3, 0.4) is 0 Å². The Morgan fingerprint density at radius 1 is 0.970 bits per heavy atom. The Labute approximate surface area is 191 Å². The molecule has 0 saturated carbocycles. The molecule has 0 radical (unpaired) electrons. The summed E-state index contributed by atoms with van der Waals surface area (Å²) in [6.07, 6.45) is -3.40. The zero-order valence-corrected chi connectivity index (χ0v) is 19.3. The number of carboxylic acids is 1. The molecule has 13 heteroatoms. The van der Waals surface area contributed by atoms with Crippen LogP contribution in [0.25, 0.3) is 0 Å². The van der Waals surface area contributed by atoms with Crippen LogP contribution >= 0.6 is 0 Å². The van der Waals surface area contributed by atoms with Gasteiger partial charge < -0.3 is 34.1 Å². The van der Waals surface area contributed by atoms with Crippen molar-refractivity contribution in [2.24, 2.45) is 0 Å². The van der Waals surface area contributed by atoms with E-state index in [4.69, 9.17) is 33.6 Å². The summed E-state index contributed by atoms with van der Waals surface area (Å²) >= 11 is 0. The maximum Gasteiger partial charge on any atom is 0.325 e. The van der Waals surface area contributed by atoms with Gasteiger partial charge in [0.1, 0.15) is 25.4 Å². The van der Waals surface area contributed by atoms with Gasteiger partial charge in [0.05, 0.1) is 12.7 Å². The van der Waals surface area contributed by atoms with E-state index < -0.39 is 66.7 Å². The molecule has 1 heterocycles. The average molecular weight is 477 g/mol. The number of amides is 1. The Morgan fingerprint density at radius 3 is 2.06 bits per heavy atom. The molecule has 33 heavy (non-hydrogen) atoms. The Bertz CT molecular complexity index is 703. The lowest BCUT2D eigenvalue weighted by molar-refractivity contribution is -0.191. The van der Waals surface area contributed by atoms with Crippen LogP contribution in [-0.2, 0) is 52.5 Å². The van der Waals surface area contributed by atoms with Crippen LogP contribution in [-0.4, -0.2) is 85.0 Å². The molecular weight excluding hydrogens is 446 g/mol. The van der Waals surface area contributed by atoms with Crippen molar-refractivity contribution in [2.75, 3.05) is 19.8 Å². The molecule has 0 aliphatic carbocycles. The van der Waals surface area contributed by atoms with Gasteiger partial charge in [-0.1, -0.05) is 0 Å². The first kappa shape index (κ1) is 29.8. The first-order valence-corrected chi connectivity index (χ1v) is 10.1. The first-order valence-electron chi connectivity index (χ1n) is 10.1. The minimum absolute atomic E-state index is 0.0704. The van der Waals surface area contributed by atoms with Crippen LogP contribution in [0.1, 0.15) is 47.5 Å². The average Bonchev–Trinajstić information content (AvgIpc) is 2.67. The number of carbonyl (C=O) groups is 6. The highest BCUT2D eigenvalue weighted by Crippen LogP contribution is 2.26. The predicted molar refractivity (Wildman–Crippen MR) is 109 cm³/mol. The zero-order valence-electron chi connectivity index (χ0n) is 19.3. The molecule has 13 nitrogen and oxygen atoms in total. The summed E-state index contributed by atoms with van der Waals surface area (Å²) in [6.45, 7) is 5.90. The second-order valence-corrected chi connectivity index (χ2v) is 6.87. The number of carbonyl (C=O) groups excluding carboxylic acids is 5. The fraction of sp³-hybridized carbons (Fsp3) is 0.700. The summed E-state index contributed by atoms with van der Waals surface area (Å²) < 4.78 is 25.7. The summed E-state index contributed by atoms with van der Waals surface area (Å²) in [5, 5.41) is 9.74. The van der Waals surface area contributed by atoms with Crippen molar-refractivity contribution < 1.29 is 57.6 Å². The van der Waals surface area contributed by atoms with Gasteiger partial charge in [0.2, 0.25) is 6.10 Å². The summed E-state index contributed by atoms with van der Waals surface area (Å²) in [5.74, 6) is -4.05. The van der Waals surface area contributed by atoms with Crippen LogP contribution in [0, 0.1) is 0 Å². The third kappa shape index (κ3) is 14.5. The quantitative estimate of drug-likeness (QED) is 0.328. The normalized spacial score (nSPS) is 20.1. The number of hydrogen-bond donors (Lipinski definition) is 2. The number of carboxylic acid groups (broad SMARTS) is 1. The Morgan fingerprint density at radius 2 is 1.58 bits per heavy atom. The molecular formula is C20H31NO12. The molecule has 1 aliphatic rings. The van der Waals surface area contributed by atoms with E-state index in [1.54, 1.807) is 6.92 Å². The molecule has 0 bridgehead atoms. The van der Waals surface area contributed by atoms with Crippen LogP contribution in [0.2, 0.25) is 0 Å². The predicted octanol–water partition coefficient (Wildman–Crippen LogP) is -0.269. The molecule has 1 rings (SSSR count). The van der Waals surface area contributed by atoms with E-state index in [1.807, 2.05) is 0 Å². The molecule has 0 spiro atoms. The van der Waals surface area contributed by atoms with E-state index in [9.17, 15) is 24.0 Å². The summed E-state index contributed by atoms with van der Waals surface area (Å²) in [6, 6.07) is 0. The van der Waals surface area contributed by atoms with E-state index >= 15 is 0 Å². The van der Waals surface area contributed by atoms with Gasteiger partial charge in [0.15, 0.2) is 0 Å². The lowest BCUT2D eigenvalue weighted by Gasteiger charge is -2.37. The van der Waals surface area contributed by atoms with E-state index in [0.717, 1.165) is 13.8 Å². The number of hydrogen-bond acceptors (Lipinski definition) is 11. The van der Waals surface area contributed by atoms with E-state index in [-0.39, 0.29) is 26.1 Å². The standard InChI is InChI=1S/C18H27NO10.C2H4O2/c1-5-25-16(23)8-19-18(24)17(28-12(4)22)15-7-13(27-11(3)21)6-14(29-15)9-26-10(2)20;1-2(3)4/h13-15,17H,5-9H2,1-4H3,(H,19,24);1H3,(H,3,4). The zero-order chi connectivity index (χ0) is 25.6. The largest absolute Gasteiger partial charge is 0.481 e. The molecule has 0 aromatic rings. The summed E-state index contributed by atoms with van der Waals surface area (Å²) in [5.41, 5.74) is 0. The first-order chi connectivity index (χ1) is 15.3. The fourth-order valence-corrected chi connectivity index (χ4v) is 2.80. The summed E-state index contributed by atoms with van der Waals surface area (Å²) in [7, 11) is 0. The smallest absolute Gasteiger partial charge is 0.325 e. The lowest BCUT2D eigenvalue weighted by atomic mass is 9.97. The van der Waals surface area contributed by atoms with Gasteiger partial charge >= 0.3 is 23.9 Å². The number of esters is 4. The third-order valence-corrected chi connectivity index (χ3v) is 3.79. The topological polar surface area (TPSA) is 181 Å². The highest BCUT2D eigenvalue weighted by atomic mass is 16.6. The highest BCUT2D eigenvalue weighted by molar-refractivity contribution is 5.87. The molecule has 1 amide bonds. The lowest BCUT2D eigenvalue weighted by Crippen LogP contribution is -2.52. The maximum absolute atomic E-state index is 12.5. The minimum atomic E-state index is -1.40. The van der Waals surface area contributed by atoms with Gasteiger partial charge in [0.25, 0.3) is 11.9 Å². The highest BCUT2D eigenvalue weighted by Gasteiger charge is 2.41. The van der Waals surface area contributed by atoms with Gasteiger partial charge in [-0.25, -0.2) is 0 Å². The van der Waals surface area contributed by atoms with Crippen molar-refractivity contribution in [3.63, 3.8) is 0 Å². The number of rotatable bonds is 9. The van der Waals surface area contributed by atoms with Crippen LogP contribution in [0.4, 0.5) is 0 Å². The monoisotopic (exact) mass is 477 g/mol. The van der Waals surface area contributed by atoms with E-state index in [2.05, 4.69) is 5.32 Å². The molecule has 2 N–H and O–H groups in total. The SMILES string of the molecule is CC(=O)O.CCOC(=O)CNC(=O)C(OC(C)=O)C1CC(OC(C)=O)CC(COC(C)=O)O1. The van der Waals surface area contributed by atoms with Crippen LogP contribution in [0.5, 0.6) is 0 Å². The van der Waals surface area contributed by atoms with Crippen molar-refractivity contribution in [3.8, 4) is 0 Å². The number of aliphatic carboxylic acids is 1. The number of nitrogens with one attached hydrogen (secondary N) is 1. The van der Waals surface area contributed by atoms with E-state index in [1.165, 1.54) is 13.8 Å². The molecule has 0 aromatic heterocycles. The fourth-order valence-electron chi connectivity index (χ4n) is 2.80. The maximum atomic E-state index is 12.5. The van der Waals surface area contributed by atoms with Crippen molar-refractivity contribution in [2.45, 2.75) is 71.9 Å². The molecule has 188 valence electrons. The van der Waals surface area contributed by atoms with Crippen molar-refractivity contribution in [1.29, 1.82) is 0 Å². The second-order valence-electron chi connectivity index (χ2n) is 6.87. The Kier molecular flexibility index (Phi) is 14.0. The van der Waals surface area contributed by atoms with Gasteiger partial charge in [-0.2, -0.15) is 0 Å². The van der Waals surface area contributed by atoms with Gasteiger partial charge in [-0.15, -0.1) is 0 Å². The molecule has 4 unspecified atom stereocenters. The molecule has 1 aliphatic heterocycles. The van der Waals surface area contributed by atoms with E-state index in [0.29, 0.717) is 0 Å². The second kappa shape index (κ2) is 15.6. The minimum Gasteiger partial charge on any atom is -0.481 e. The van der Waals surface area contributed by atoms with Crippen LogP contribution < -0.4 is 5.32 Å².